The average Bonchev–Trinajstić information content (AvgIpc) is 3.12. The number of nitrogens with zero attached hydrogens (tertiary/aromatic N) is 3. The predicted octanol–water partition coefficient (Wildman–Crippen LogP) is 2.48. The van der Waals surface area contributed by atoms with E-state index in [-0.39, 0.29) is 30.3 Å². The molecule has 25 heavy (non-hydrogen) atoms. The molecule has 0 aliphatic carbocycles. The first-order chi connectivity index (χ1) is 11.8. The van der Waals surface area contributed by atoms with Gasteiger partial charge in [-0.15, -0.1) is 0 Å². The summed E-state index contributed by atoms with van der Waals surface area (Å²) in [6.07, 6.45) is -0.343. The predicted molar refractivity (Wildman–Crippen MR) is 83.5 cm³/mol. The molecule has 0 unspecified atom stereocenters. The highest BCUT2D eigenvalue weighted by Gasteiger charge is 2.39. The molecule has 6 nitrogen and oxygen atoms in total. The van der Waals surface area contributed by atoms with E-state index in [0.29, 0.717) is 12.2 Å². The first kappa shape index (κ1) is 17.5. The quantitative estimate of drug-likeness (QED) is 0.915. The highest BCUT2D eigenvalue weighted by Crippen LogP contribution is 2.33. The Labute approximate surface area is 143 Å². The lowest BCUT2D eigenvalue weighted by atomic mass is 9.96. The molecule has 1 fully saturated rings. The van der Waals surface area contributed by atoms with Crippen molar-refractivity contribution in [3.8, 4) is 0 Å². The van der Waals surface area contributed by atoms with Crippen molar-refractivity contribution < 1.29 is 23.2 Å². The molecule has 0 bridgehead atoms. The van der Waals surface area contributed by atoms with Crippen molar-refractivity contribution in [1.82, 2.24) is 15.0 Å². The van der Waals surface area contributed by atoms with Crippen LogP contribution in [0.15, 0.2) is 22.7 Å². The monoisotopic (exact) mass is 351 g/mol. The third kappa shape index (κ3) is 3.68. The Morgan fingerprint density at radius 2 is 2.24 bits per heavy atom. The first-order valence-electron chi connectivity index (χ1n) is 8.08. The summed E-state index contributed by atoms with van der Waals surface area (Å²) in [6, 6.07) is 2.83. The summed E-state index contributed by atoms with van der Waals surface area (Å²) in [4.78, 5) is 18.3. The van der Waals surface area contributed by atoms with Gasteiger partial charge in [0.05, 0.1) is 6.10 Å². The molecule has 0 radical (unpaired) electrons. The summed E-state index contributed by atoms with van der Waals surface area (Å²) in [5.74, 6) is -1.29. The summed E-state index contributed by atoms with van der Waals surface area (Å²) in [5.41, 5.74) is 0.277. The van der Waals surface area contributed by atoms with Gasteiger partial charge in [0.15, 0.2) is 5.82 Å². The zero-order valence-electron chi connectivity index (χ0n) is 13.9. The van der Waals surface area contributed by atoms with Gasteiger partial charge in [0, 0.05) is 25.5 Å². The number of aryl methyl sites for hydroxylation is 1. The summed E-state index contributed by atoms with van der Waals surface area (Å²) in [7, 11) is 0. The van der Waals surface area contributed by atoms with E-state index in [2.05, 4.69) is 10.1 Å². The number of aliphatic hydroxyl groups excluding tert-OH is 1. The smallest absolute Gasteiger partial charge is 0.249 e. The van der Waals surface area contributed by atoms with Crippen molar-refractivity contribution in [2.75, 3.05) is 6.54 Å². The Bertz CT molecular complexity index is 780. The van der Waals surface area contributed by atoms with Gasteiger partial charge in [-0.1, -0.05) is 18.1 Å². The molecule has 2 aromatic rings. The molecule has 1 aliphatic heterocycles. The molecule has 1 aromatic heterocycles. The molecule has 0 saturated carbocycles. The fraction of sp³-hybridized carbons (Fsp3) is 0.471. The first-order valence-corrected chi connectivity index (χ1v) is 8.08. The van der Waals surface area contributed by atoms with Crippen LogP contribution >= 0.6 is 0 Å². The maximum atomic E-state index is 13.9. The largest absolute Gasteiger partial charge is 0.391 e. The number of likely N-dealkylation sites (tertiary alicyclic amines) is 1. The standard InChI is InChI=1S/C17H19F2N3O3/c1-9(13-4-3-11(18)6-14(13)19)5-16(24)22-8-12(23)7-15(22)17-20-10(2)21-25-17/h3-4,6,9,12,15,23H,5,7-8H2,1-2H3/t9-,12-,15+/m0/s1. The van der Waals surface area contributed by atoms with Gasteiger partial charge in [-0.25, -0.2) is 8.78 Å². The number of β-amino-alcohol motifs (C(OH)–C–C–N with tert-alkyl or cyclic N) is 1. The van der Waals surface area contributed by atoms with Gasteiger partial charge in [0.1, 0.15) is 17.7 Å². The summed E-state index contributed by atoms with van der Waals surface area (Å²) >= 11 is 0. The van der Waals surface area contributed by atoms with Crippen LogP contribution in [0.1, 0.15) is 49.0 Å². The van der Waals surface area contributed by atoms with Crippen LogP contribution in [0, 0.1) is 18.6 Å². The number of benzene rings is 1. The molecule has 8 heteroatoms. The third-order valence-corrected chi connectivity index (χ3v) is 4.40. The van der Waals surface area contributed by atoms with Crippen LogP contribution in [-0.2, 0) is 4.79 Å². The van der Waals surface area contributed by atoms with Crippen LogP contribution in [0.5, 0.6) is 0 Å². The van der Waals surface area contributed by atoms with Crippen LogP contribution in [0.2, 0.25) is 0 Å². The third-order valence-electron chi connectivity index (χ3n) is 4.40. The Morgan fingerprint density at radius 3 is 2.88 bits per heavy atom. The lowest BCUT2D eigenvalue weighted by Crippen LogP contribution is -2.32. The Morgan fingerprint density at radius 1 is 1.48 bits per heavy atom. The molecule has 3 rings (SSSR count). The van der Waals surface area contributed by atoms with E-state index in [4.69, 9.17) is 4.52 Å². The number of halogens is 2. The maximum Gasteiger partial charge on any atom is 0.249 e. The number of amides is 1. The average molecular weight is 351 g/mol. The van der Waals surface area contributed by atoms with Gasteiger partial charge in [0.25, 0.3) is 0 Å². The minimum Gasteiger partial charge on any atom is -0.391 e. The second-order valence-electron chi connectivity index (χ2n) is 6.40. The van der Waals surface area contributed by atoms with E-state index >= 15 is 0 Å². The molecule has 3 atom stereocenters. The maximum absolute atomic E-state index is 13.9. The minimum atomic E-state index is -0.681. The van der Waals surface area contributed by atoms with E-state index < -0.39 is 29.7 Å². The van der Waals surface area contributed by atoms with Crippen LogP contribution in [0.25, 0.3) is 0 Å². The summed E-state index contributed by atoms with van der Waals surface area (Å²) < 4.78 is 32.1. The number of aromatic nitrogens is 2. The number of hydrogen-bond acceptors (Lipinski definition) is 5. The van der Waals surface area contributed by atoms with E-state index in [0.717, 1.165) is 6.07 Å². The molecule has 1 aliphatic rings. The minimum absolute atomic E-state index is 0.0267. The van der Waals surface area contributed by atoms with Gasteiger partial charge >= 0.3 is 0 Å². The second-order valence-corrected chi connectivity index (χ2v) is 6.40. The van der Waals surface area contributed by atoms with Crippen LogP contribution < -0.4 is 0 Å². The van der Waals surface area contributed by atoms with Gasteiger partial charge in [-0.05, 0) is 24.5 Å². The molecule has 134 valence electrons. The number of hydrogen-bond donors (Lipinski definition) is 1. The zero-order chi connectivity index (χ0) is 18.1. The molecular formula is C17H19F2N3O3. The topological polar surface area (TPSA) is 79.5 Å². The van der Waals surface area contributed by atoms with Gasteiger partial charge in [-0.2, -0.15) is 4.98 Å². The van der Waals surface area contributed by atoms with Crippen molar-refractivity contribution in [3.63, 3.8) is 0 Å². The lowest BCUT2D eigenvalue weighted by molar-refractivity contribution is -0.133. The normalized spacial score (nSPS) is 21.6. The SMILES string of the molecule is Cc1noc([C@H]2C[C@H](O)CN2C(=O)C[C@H](C)c2ccc(F)cc2F)n1. The Kier molecular flexibility index (Phi) is 4.80. The molecule has 2 heterocycles. The van der Waals surface area contributed by atoms with Crippen molar-refractivity contribution in [1.29, 1.82) is 0 Å². The number of carbonyl (C=O) groups excluding carboxylic acids is 1. The number of aliphatic hydroxyl groups is 1. The van der Waals surface area contributed by atoms with E-state index in [9.17, 15) is 18.7 Å². The molecule has 1 saturated heterocycles. The fourth-order valence-electron chi connectivity index (χ4n) is 3.16. The lowest BCUT2D eigenvalue weighted by Gasteiger charge is -2.23. The molecule has 0 spiro atoms. The van der Waals surface area contributed by atoms with Crippen molar-refractivity contribution in [2.24, 2.45) is 0 Å². The highest BCUT2D eigenvalue weighted by molar-refractivity contribution is 5.78. The molecule has 1 aromatic carbocycles. The Hall–Kier alpha value is -2.35. The van der Waals surface area contributed by atoms with Crippen LogP contribution in [0.4, 0.5) is 8.78 Å². The van der Waals surface area contributed by atoms with Crippen LogP contribution in [-0.4, -0.2) is 38.7 Å². The summed E-state index contributed by atoms with van der Waals surface area (Å²) in [6.45, 7) is 3.53. The van der Waals surface area contributed by atoms with Gasteiger partial charge in [-0.3, -0.25) is 4.79 Å². The number of rotatable bonds is 4. The second kappa shape index (κ2) is 6.87. The van der Waals surface area contributed by atoms with E-state index in [1.54, 1.807) is 13.8 Å². The van der Waals surface area contributed by atoms with Crippen molar-refractivity contribution in [2.45, 2.75) is 44.8 Å². The number of carbonyl (C=O) groups is 1. The zero-order valence-corrected chi connectivity index (χ0v) is 13.9. The summed E-state index contributed by atoms with van der Waals surface area (Å²) in [5, 5.41) is 13.6. The molecule has 1 amide bonds. The fourth-order valence-corrected chi connectivity index (χ4v) is 3.16. The van der Waals surface area contributed by atoms with E-state index in [1.807, 2.05) is 0 Å². The molecule has 1 N–H and O–H groups in total. The highest BCUT2D eigenvalue weighted by atomic mass is 19.1. The van der Waals surface area contributed by atoms with Crippen molar-refractivity contribution >= 4 is 5.91 Å². The van der Waals surface area contributed by atoms with E-state index in [1.165, 1.54) is 17.0 Å². The van der Waals surface area contributed by atoms with Crippen molar-refractivity contribution in [3.05, 3.63) is 47.1 Å². The van der Waals surface area contributed by atoms with Gasteiger partial charge < -0.3 is 14.5 Å². The van der Waals surface area contributed by atoms with Crippen LogP contribution in [0.3, 0.4) is 0 Å². The Balaban J connectivity index is 1.74. The molecular weight excluding hydrogens is 332 g/mol. The van der Waals surface area contributed by atoms with Gasteiger partial charge in [0.2, 0.25) is 11.8 Å².